The van der Waals surface area contributed by atoms with Crippen molar-refractivity contribution in [2.24, 2.45) is 5.41 Å². The molecule has 0 aliphatic heterocycles. The van der Waals surface area contributed by atoms with E-state index >= 15 is 0 Å². The van der Waals surface area contributed by atoms with Crippen molar-refractivity contribution >= 4 is 33.8 Å². The van der Waals surface area contributed by atoms with Crippen LogP contribution in [0.4, 0.5) is 5.69 Å². The molecule has 0 spiro atoms. The molecule has 23 heavy (non-hydrogen) atoms. The number of nitrogens with one attached hydrogen (secondary N) is 1. The van der Waals surface area contributed by atoms with E-state index in [4.69, 9.17) is 0 Å². The van der Waals surface area contributed by atoms with Crippen molar-refractivity contribution in [3.63, 3.8) is 0 Å². The smallest absolute Gasteiger partial charge is 0.230 e. The normalized spacial score (nSPS) is 13.7. The number of thiophene rings is 1. The molecule has 0 fully saturated rings. The quantitative estimate of drug-likeness (QED) is 0.725. The fraction of sp³-hybridized carbons (Fsp3) is 0.263. The Hall–Kier alpha value is -2.20. The lowest BCUT2D eigenvalue weighted by atomic mass is 9.82. The number of rotatable bonds is 5. The highest BCUT2D eigenvalue weighted by molar-refractivity contribution is 7.09. The van der Waals surface area contributed by atoms with E-state index < -0.39 is 5.41 Å². The lowest BCUT2D eigenvalue weighted by Gasteiger charge is -2.26. The van der Waals surface area contributed by atoms with E-state index in [0.717, 1.165) is 29.4 Å². The highest BCUT2D eigenvalue weighted by atomic mass is 32.1. The Balaban J connectivity index is 1.86. The predicted octanol–water partition coefficient (Wildman–Crippen LogP) is 4.89. The number of nitrogens with zero attached hydrogens (tertiary/aromatic N) is 1. The molecule has 1 amide bonds. The van der Waals surface area contributed by atoms with Crippen LogP contribution < -0.4 is 5.32 Å². The van der Waals surface area contributed by atoms with E-state index in [9.17, 15) is 4.79 Å². The van der Waals surface area contributed by atoms with Crippen LogP contribution in [0.3, 0.4) is 0 Å². The van der Waals surface area contributed by atoms with Crippen LogP contribution in [0.25, 0.3) is 10.9 Å². The average molecular weight is 324 g/mol. The number of pyridine rings is 1. The maximum atomic E-state index is 12.9. The summed E-state index contributed by atoms with van der Waals surface area (Å²) in [5, 5.41) is 6.17. The van der Waals surface area contributed by atoms with Crippen molar-refractivity contribution in [1.82, 2.24) is 4.98 Å². The van der Waals surface area contributed by atoms with Gasteiger partial charge in [-0.1, -0.05) is 38.1 Å². The summed E-state index contributed by atoms with van der Waals surface area (Å²) < 4.78 is 0. The summed E-state index contributed by atoms with van der Waals surface area (Å²) in [7, 11) is 0. The van der Waals surface area contributed by atoms with Crippen LogP contribution in [0.2, 0.25) is 0 Å². The van der Waals surface area contributed by atoms with Crippen LogP contribution in [-0.2, 0) is 11.2 Å². The Bertz CT molecular complexity index is 808. The lowest BCUT2D eigenvalue weighted by molar-refractivity contribution is -0.124. The Morgan fingerprint density at radius 1 is 1.22 bits per heavy atom. The third kappa shape index (κ3) is 3.27. The van der Waals surface area contributed by atoms with Crippen molar-refractivity contribution < 1.29 is 4.79 Å². The first-order valence-electron chi connectivity index (χ1n) is 7.80. The zero-order chi connectivity index (χ0) is 16.3. The molecular formula is C19H20N2OS. The molecule has 0 saturated heterocycles. The van der Waals surface area contributed by atoms with Gasteiger partial charge in [0.1, 0.15) is 0 Å². The SMILES string of the molecule is CCC(C)(Cc1cccs1)C(=O)Nc1cccc2cccnc12. The lowest BCUT2D eigenvalue weighted by Crippen LogP contribution is -2.34. The molecule has 0 saturated carbocycles. The number of hydrogen-bond donors (Lipinski definition) is 1. The van der Waals surface area contributed by atoms with E-state index in [-0.39, 0.29) is 5.91 Å². The summed E-state index contributed by atoms with van der Waals surface area (Å²) in [6.07, 6.45) is 3.29. The fourth-order valence-electron chi connectivity index (χ4n) is 2.64. The van der Waals surface area contributed by atoms with Gasteiger partial charge in [0.05, 0.1) is 16.6 Å². The number of benzene rings is 1. The van der Waals surface area contributed by atoms with Crippen molar-refractivity contribution in [2.75, 3.05) is 5.32 Å². The fourth-order valence-corrected chi connectivity index (χ4v) is 3.53. The predicted molar refractivity (Wildman–Crippen MR) is 96.8 cm³/mol. The van der Waals surface area contributed by atoms with Crippen LogP contribution in [0, 0.1) is 5.41 Å². The molecule has 3 nitrogen and oxygen atoms in total. The molecule has 3 aromatic rings. The largest absolute Gasteiger partial charge is 0.324 e. The third-order valence-electron chi connectivity index (χ3n) is 4.35. The minimum atomic E-state index is -0.429. The molecule has 2 heterocycles. The average Bonchev–Trinajstić information content (AvgIpc) is 3.07. The molecule has 1 unspecified atom stereocenters. The van der Waals surface area contributed by atoms with Gasteiger partial charge in [0, 0.05) is 16.5 Å². The summed E-state index contributed by atoms with van der Waals surface area (Å²) in [4.78, 5) is 18.5. The van der Waals surface area contributed by atoms with Crippen molar-refractivity contribution in [1.29, 1.82) is 0 Å². The van der Waals surface area contributed by atoms with Crippen LogP contribution in [0.1, 0.15) is 25.1 Å². The van der Waals surface area contributed by atoms with Crippen LogP contribution >= 0.6 is 11.3 Å². The Morgan fingerprint density at radius 3 is 2.78 bits per heavy atom. The van der Waals surface area contributed by atoms with Crippen LogP contribution in [0.15, 0.2) is 54.0 Å². The van der Waals surface area contributed by atoms with Gasteiger partial charge in [-0.2, -0.15) is 0 Å². The van der Waals surface area contributed by atoms with Gasteiger partial charge in [0.2, 0.25) is 5.91 Å². The zero-order valence-corrected chi connectivity index (χ0v) is 14.2. The van der Waals surface area contributed by atoms with Gasteiger partial charge >= 0.3 is 0 Å². The Morgan fingerprint density at radius 2 is 2.04 bits per heavy atom. The minimum Gasteiger partial charge on any atom is -0.324 e. The Labute approximate surface area is 140 Å². The molecular weight excluding hydrogens is 304 g/mol. The van der Waals surface area contributed by atoms with Crippen molar-refractivity contribution in [3.05, 3.63) is 58.9 Å². The number of carbonyl (C=O) groups excluding carboxylic acids is 1. The molecule has 1 aromatic carbocycles. The van der Waals surface area contributed by atoms with E-state index in [2.05, 4.69) is 28.7 Å². The number of aromatic nitrogens is 1. The summed E-state index contributed by atoms with van der Waals surface area (Å²) in [6, 6.07) is 13.9. The number of hydrogen-bond acceptors (Lipinski definition) is 3. The molecule has 0 bridgehead atoms. The monoisotopic (exact) mass is 324 g/mol. The third-order valence-corrected chi connectivity index (χ3v) is 5.23. The van der Waals surface area contributed by atoms with Gasteiger partial charge in [-0.3, -0.25) is 9.78 Å². The molecule has 3 rings (SSSR count). The molecule has 4 heteroatoms. The maximum absolute atomic E-state index is 12.9. The van der Waals surface area contributed by atoms with Gasteiger partial charge in [-0.05, 0) is 36.4 Å². The van der Waals surface area contributed by atoms with Crippen molar-refractivity contribution in [3.8, 4) is 0 Å². The number of fused-ring (bicyclic) bond motifs is 1. The summed E-state index contributed by atoms with van der Waals surface area (Å²) in [5.74, 6) is 0.0477. The van der Waals surface area contributed by atoms with Gasteiger partial charge < -0.3 is 5.32 Å². The summed E-state index contributed by atoms with van der Waals surface area (Å²) in [5.41, 5.74) is 1.18. The van der Waals surface area contributed by atoms with Gasteiger partial charge in [-0.15, -0.1) is 11.3 Å². The minimum absolute atomic E-state index is 0.0477. The second-order valence-corrected chi connectivity index (χ2v) is 7.04. The number of para-hydroxylation sites is 1. The van der Waals surface area contributed by atoms with Crippen LogP contribution in [0.5, 0.6) is 0 Å². The summed E-state index contributed by atoms with van der Waals surface area (Å²) >= 11 is 1.70. The van der Waals surface area contributed by atoms with Crippen molar-refractivity contribution in [2.45, 2.75) is 26.7 Å². The second kappa shape index (κ2) is 6.50. The van der Waals surface area contributed by atoms with Gasteiger partial charge in [-0.25, -0.2) is 0 Å². The zero-order valence-electron chi connectivity index (χ0n) is 13.4. The first-order chi connectivity index (χ1) is 11.1. The molecule has 2 aromatic heterocycles. The molecule has 0 aliphatic rings. The number of carbonyl (C=O) groups is 1. The number of amides is 1. The molecule has 0 aliphatic carbocycles. The van der Waals surface area contributed by atoms with Gasteiger partial charge in [0.15, 0.2) is 0 Å². The van der Waals surface area contributed by atoms with E-state index in [0.29, 0.717) is 0 Å². The first kappa shape index (κ1) is 15.7. The molecule has 118 valence electrons. The first-order valence-corrected chi connectivity index (χ1v) is 8.68. The van der Waals surface area contributed by atoms with E-state index in [1.165, 1.54) is 4.88 Å². The van der Waals surface area contributed by atoms with E-state index in [1.54, 1.807) is 17.5 Å². The second-order valence-electron chi connectivity index (χ2n) is 6.01. The molecule has 1 atom stereocenters. The van der Waals surface area contributed by atoms with E-state index in [1.807, 2.05) is 43.3 Å². The Kier molecular flexibility index (Phi) is 4.44. The summed E-state index contributed by atoms with van der Waals surface area (Å²) in [6.45, 7) is 4.09. The topological polar surface area (TPSA) is 42.0 Å². The molecule has 1 N–H and O–H groups in total. The highest BCUT2D eigenvalue weighted by Crippen LogP contribution is 2.31. The maximum Gasteiger partial charge on any atom is 0.230 e. The molecule has 0 radical (unpaired) electrons. The highest BCUT2D eigenvalue weighted by Gasteiger charge is 2.32. The number of anilines is 1. The standard InChI is InChI=1S/C19H20N2OS/c1-3-19(2,13-15-9-6-12-23-15)18(22)21-16-10-4-7-14-8-5-11-20-17(14)16/h4-12H,3,13H2,1-2H3,(H,21,22). The van der Waals surface area contributed by atoms with Crippen LogP contribution in [-0.4, -0.2) is 10.9 Å². The van der Waals surface area contributed by atoms with Gasteiger partial charge in [0.25, 0.3) is 0 Å².